The van der Waals surface area contributed by atoms with Crippen molar-refractivity contribution >= 4 is 29.9 Å². The largest absolute Gasteiger partial charge is 0.356 e. The molecule has 1 heterocycles. The van der Waals surface area contributed by atoms with E-state index in [0.29, 0.717) is 6.54 Å². The quantitative estimate of drug-likeness (QED) is 0.472. The van der Waals surface area contributed by atoms with Crippen molar-refractivity contribution in [3.63, 3.8) is 0 Å². The molecule has 0 spiro atoms. The molecule has 96 valence electrons. The van der Waals surface area contributed by atoms with Gasteiger partial charge in [-0.2, -0.15) is 5.10 Å². The van der Waals surface area contributed by atoms with Crippen LogP contribution in [-0.2, 0) is 13.6 Å². The van der Waals surface area contributed by atoms with E-state index in [-0.39, 0.29) is 24.0 Å². The molecule has 0 aromatic carbocycles. The number of nitrogens with one attached hydrogen (secondary N) is 2. The van der Waals surface area contributed by atoms with Gasteiger partial charge in [0.15, 0.2) is 5.96 Å². The zero-order chi connectivity index (χ0) is 11.4. The predicted molar refractivity (Wildman–Crippen MR) is 77.3 cm³/mol. The second kappa shape index (κ2) is 6.77. The number of rotatable bonds is 4. The standard InChI is InChI=1S/C10H18N6.HI/c1-11-10(12-5-8-3-4-8)13-6-9-14-7-15-16(9)2;/h7-8H,3-6H2,1-2H3,(H2,11,12,13);1H. The van der Waals surface area contributed by atoms with Crippen molar-refractivity contribution < 1.29 is 0 Å². The number of hydrogen-bond donors (Lipinski definition) is 2. The Morgan fingerprint density at radius 2 is 2.29 bits per heavy atom. The van der Waals surface area contributed by atoms with E-state index in [1.165, 1.54) is 12.8 Å². The van der Waals surface area contributed by atoms with Crippen LogP contribution in [0.15, 0.2) is 11.3 Å². The van der Waals surface area contributed by atoms with Crippen molar-refractivity contribution in [2.24, 2.45) is 18.0 Å². The summed E-state index contributed by atoms with van der Waals surface area (Å²) in [6, 6.07) is 0. The minimum atomic E-state index is 0. The van der Waals surface area contributed by atoms with Crippen molar-refractivity contribution in [1.82, 2.24) is 25.4 Å². The Hall–Kier alpha value is -0.860. The molecule has 17 heavy (non-hydrogen) atoms. The number of nitrogens with zero attached hydrogens (tertiary/aromatic N) is 4. The highest BCUT2D eigenvalue weighted by Gasteiger charge is 2.21. The summed E-state index contributed by atoms with van der Waals surface area (Å²) in [6.45, 7) is 1.65. The van der Waals surface area contributed by atoms with Crippen LogP contribution in [0.3, 0.4) is 0 Å². The van der Waals surface area contributed by atoms with Crippen LogP contribution >= 0.6 is 24.0 Å². The van der Waals surface area contributed by atoms with Crippen LogP contribution in [-0.4, -0.2) is 34.3 Å². The lowest BCUT2D eigenvalue weighted by atomic mass is 10.4. The van der Waals surface area contributed by atoms with E-state index in [1.807, 2.05) is 7.05 Å². The Kier molecular flexibility index (Phi) is 5.66. The van der Waals surface area contributed by atoms with Gasteiger partial charge in [-0.15, -0.1) is 24.0 Å². The topological polar surface area (TPSA) is 67.1 Å². The van der Waals surface area contributed by atoms with Crippen LogP contribution in [0, 0.1) is 5.92 Å². The maximum Gasteiger partial charge on any atom is 0.191 e. The van der Waals surface area contributed by atoms with Gasteiger partial charge in [0.2, 0.25) is 0 Å². The summed E-state index contributed by atoms with van der Waals surface area (Å²) in [5.74, 6) is 2.57. The Labute approximate surface area is 118 Å². The van der Waals surface area contributed by atoms with Crippen molar-refractivity contribution in [3.8, 4) is 0 Å². The molecule has 1 aliphatic rings. The fourth-order valence-corrected chi connectivity index (χ4v) is 1.43. The third-order valence-electron chi connectivity index (χ3n) is 2.70. The summed E-state index contributed by atoms with van der Waals surface area (Å²) < 4.78 is 1.75. The van der Waals surface area contributed by atoms with E-state index in [0.717, 1.165) is 24.2 Å². The van der Waals surface area contributed by atoms with Gasteiger partial charge in [-0.3, -0.25) is 9.67 Å². The molecular formula is C10H19IN6. The molecule has 2 N–H and O–H groups in total. The third-order valence-corrected chi connectivity index (χ3v) is 2.70. The number of halogens is 1. The minimum Gasteiger partial charge on any atom is -0.356 e. The molecular weight excluding hydrogens is 331 g/mol. The molecule has 2 rings (SSSR count). The maximum absolute atomic E-state index is 4.15. The van der Waals surface area contributed by atoms with Crippen molar-refractivity contribution in [1.29, 1.82) is 0 Å². The predicted octanol–water partition coefficient (Wildman–Crippen LogP) is 0.508. The Balaban J connectivity index is 0.00000144. The summed E-state index contributed by atoms with van der Waals surface area (Å²) in [4.78, 5) is 8.29. The fraction of sp³-hybridized carbons (Fsp3) is 0.700. The minimum absolute atomic E-state index is 0. The summed E-state index contributed by atoms with van der Waals surface area (Å²) >= 11 is 0. The van der Waals surface area contributed by atoms with E-state index >= 15 is 0 Å². The summed E-state index contributed by atoms with van der Waals surface area (Å²) in [7, 11) is 3.66. The highest BCUT2D eigenvalue weighted by Crippen LogP contribution is 2.27. The van der Waals surface area contributed by atoms with Crippen molar-refractivity contribution in [2.75, 3.05) is 13.6 Å². The first kappa shape index (κ1) is 14.2. The highest BCUT2D eigenvalue weighted by atomic mass is 127. The maximum atomic E-state index is 4.15. The smallest absolute Gasteiger partial charge is 0.191 e. The van der Waals surface area contributed by atoms with Gasteiger partial charge in [-0.25, -0.2) is 4.98 Å². The molecule has 0 bridgehead atoms. The van der Waals surface area contributed by atoms with E-state index < -0.39 is 0 Å². The lowest BCUT2D eigenvalue weighted by Gasteiger charge is -2.10. The van der Waals surface area contributed by atoms with Crippen LogP contribution in [0.2, 0.25) is 0 Å². The molecule has 1 aliphatic carbocycles. The number of aliphatic imine (C=N–C) groups is 1. The van der Waals surface area contributed by atoms with Gasteiger partial charge < -0.3 is 10.6 Å². The van der Waals surface area contributed by atoms with Gasteiger partial charge in [0.05, 0.1) is 6.54 Å². The van der Waals surface area contributed by atoms with Gasteiger partial charge in [-0.1, -0.05) is 0 Å². The van der Waals surface area contributed by atoms with Crippen molar-refractivity contribution in [2.45, 2.75) is 19.4 Å². The molecule has 0 radical (unpaired) electrons. The van der Waals surface area contributed by atoms with Crippen LogP contribution < -0.4 is 10.6 Å². The Morgan fingerprint density at radius 1 is 1.53 bits per heavy atom. The SMILES string of the molecule is CN=C(NCc1ncnn1C)NCC1CC1.I. The third kappa shape index (κ3) is 4.49. The van der Waals surface area contributed by atoms with Gasteiger partial charge >= 0.3 is 0 Å². The van der Waals surface area contributed by atoms with E-state index in [9.17, 15) is 0 Å². The molecule has 0 aliphatic heterocycles. The number of guanidine groups is 1. The Bertz CT molecular complexity index is 371. The molecule has 0 saturated heterocycles. The monoisotopic (exact) mass is 350 g/mol. The summed E-state index contributed by atoms with van der Waals surface area (Å²) in [6.07, 6.45) is 4.23. The molecule has 0 unspecified atom stereocenters. The van der Waals surface area contributed by atoms with Gasteiger partial charge in [0.1, 0.15) is 12.2 Å². The average molecular weight is 350 g/mol. The van der Waals surface area contributed by atoms with Crippen LogP contribution in [0.5, 0.6) is 0 Å². The Morgan fingerprint density at radius 3 is 2.82 bits per heavy atom. The molecule has 1 aromatic heterocycles. The molecule has 1 saturated carbocycles. The average Bonchev–Trinajstić information content (AvgIpc) is 3.03. The highest BCUT2D eigenvalue weighted by molar-refractivity contribution is 14.0. The van der Waals surface area contributed by atoms with Gasteiger partial charge in [0, 0.05) is 20.6 Å². The van der Waals surface area contributed by atoms with E-state index in [1.54, 1.807) is 18.1 Å². The second-order valence-corrected chi connectivity index (χ2v) is 4.05. The van der Waals surface area contributed by atoms with Crippen molar-refractivity contribution in [3.05, 3.63) is 12.2 Å². The number of aromatic nitrogens is 3. The molecule has 0 atom stereocenters. The summed E-state index contributed by atoms with van der Waals surface area (Å²) in [5.41, 5.74) is 0. The lowest BCUT2D eigenvalue weighted by molar-refractivity contribution is 0.667. The molecule has 0 amide bonds. The lowest BCUT2D eigenvalue weighted by Crippen LogP contribution is -2.38. The molecule has 1 fully saturated rings. The molecule has 6 nitrogen and oxygen atoms in total. The molecule has 7 heteroatoms. The first-order valence-corrected chi connectivity index (χ1v) is 5.57. The van der Waals surface area contributed by atoms with Crippen LogP contribution in [0.25, 0.3) is 0 Å². The summed E-state index contributed by atoms with van der Waals surface area (Å²) in [5, 5.41) is 10.5. The molecule has 1 aromatic rings. The number of aryl methyl sites for hydroxylation is 1. The van der Waals surface area contributed by atoms with Gasteiger partial charge in [-0.05, 0) is 18.8 Å². The zero-order valence-corrected chi connectivity index (χ0v) is 12.5. The first-order chi connectivity index (χ1) is 7.79. The number of hydrogen-bond acceptors (Lipinski definition) is 3. The van der Waals surface area contributed by atoms with Crippen LogP contribution in [0.1, 0.15) is 18.7 Å². The normalized spacial score (nSPS) is 15.3. The second-order valence-electron chi connectivity index (χ2n) is 4.05. The fourth-order valence-electron chi connectivity index (χ4n) is 1.43. The van der Waals surface area contributed by atoms with Gasteiger partial charge in [0.25, 0.3) is 0 Å². The van der Waals surface area contributed by atoms with Crippen LogP contribution in [0.4, 0.5) is 0 Å². The van der Waals surface area contributed by atoms with E-state index in [2.05, 4.69) is 25.7 Å². The first-order valence-electron chi connectivity index (χ1n) is 5.57. The zero-order valence-electron chi connectivity index (χ0n) is 10.2. The van der Waals surface area contributed by atoms with E-state index in [4.69, 9.17) is 0 Å².